The Balaban J connectivity index is 1.29. The summed E-state index contributed by atoms with van der Waals surface area (Å²) in [5, 5.41) is 6.10. The second-order valence-electron chi connectivity index (χ2n) is 11.1. The Bertz CT molecular complexity index is 1310. The van der Waals surface area contributed by atoms with Crippen molar-refractivity contribution in [2.75, 3.05) is 11.9 Å². The minimum Gasteiger partial charge on any atom is -0.494 e. The Hall–Kier alpha value is -3.72. The first-order valence-electron chi connectivity index (χ1n) is 14.2. The number of halogens is 1. The van der Waals surface area contributed by atoms with Gasteiger partial charge in [-0.3, -0.25) is 14.4 Å². The average Bonchev–Trinajstić information content (AvgIpc) is 3.59. The van der Waals surface area contributed by atoms with E-state index in [9.17, 15) is 18.8 Å². The van der Waals surface area contributed by atoms with Crippen LogP contribution in [0.1, 0.15) is 44.6 Å². The molecule has 0 radical (unpaired) electrons. The molecule has 2 N–H and O–H groups in total. The number of nitrogens with one attached hydrogen (secondary N) is 2. The predicted octanol–water partition coefficient (Wildman–Crippen LogP) is 3.96. The standard InChI is InChI=1S/C31H34FN3O5/c1-2-39-23-14-12-22(13-15-23)33-28(36)25-24-16-17-31(40-24)26(25)30(38)35(18-19-8-10-20(32)11-9-19)27(31)29(37)34-21-6-4-3-5-7-21/h8-17,21,24-27H,2-7,18H2,1H3,(H,33,36)(H,34,37)/t24-,25+,26-,27-,31-/m0/s1. The second kappa shape index (κ2) is 10.7. The van der Waals surface area contributed by atoms with E-state index in [1.54, 1.807) is 48.6 Å². The Morgan fingerprint density at radius 2 is 1.77 bits per heavy atom. The van der Waals surface area contributed by atoms with Gasteiger partial charge in [0.1, 0.15) is 23.2 Å². The van der Waals surface area contributed by atoms with Crippen LogP contribution in [0.2, 0.25) is 0 Å². The Morgan fingerprint density at radius 1 is 1.05 bits per heavy atom. The van der Waals surface area contributed by atoms with E-state index in [2.05, 4.69) is 10.6 Å². The van der Waals surface area contributed by atoms with Gasteiger partial charge in [0.25, 0.3) is 0 Å². The number of rotatable bonds is 8. The molecule has 3 heterocycles. The van der Waals surface area contributed by atoms with Crippen LogP contribution in [0.15, 0.2) is 60.7 Å². The number of hydrogen-bond donors (Lipinski definition) is 2. The summed E-state index contributed by atoms with van der Waals surface area (Å²) in [7, 11) is 0. The van der Waals surface area contributed by atoms with Gasteiger partial charge in [-0.25, -0.2) is 4.39 Å². The van der Waals surface area contributed by atoms with Crippen molar-refractivity contribution in [3.8, 4) is 5.75 Å². The summed E-state index contributed by atoms with van der Waals surface area (Å²) in [6.07, 6.45) is 8.03. The molecule has 2 aromatic carbocycles. The number of fused-ring (bicyclic) bond motifs is 1. The molecule has 6 rings (SSSR count). The van der Waals surface area contributed by atoms with Crippen LogP contribution in [0.25, 0.3) is 0 Å². The normalized spacial score (nSPS) is 28.9. The second-order valence-corrected chi connectivity index (χ2v) is 11.1. The van der Waals surface area contributed by atoms with Crippen molar-refractivity contribution in [1.29, 1.82) is 0 Å². The van der Waals surface area contributed by atoms with E-state index in [1.807, 2.05) is 6.92 Å². The monoisotopic (exact) mass is 547 g/mol. The zero-order valence-electron chi connectivity index (χ0n) is 22.5. The van der Waals surface area contributed by atoms with Crippen LogP contribution in [0, 0.1) is 17.7 Å². The topological polar surface area (TPSA) is 97.0 Å². The van der Waals surface area contributed by atoms with Crippen LogP contribution in [-0.4, -0.2) is 53.0 Å². The lowest BCUT2D eigenvalue weighted by Crippen LogP contribution is -2.56. The molecular formula is C31H34FN3O5. The number of nitrogens with zero attached hydrogens (tertiary/aromatic N) is 1. The molecule has 3 aliphatic heterocycles. The van der Waals surface area contributed by atoms with Gasteiger partial charge < -0.3 is 25.0 Å². The van der Waals surface area contributed by atoms with Crippen LogP contribution in [0.3, 0.4) is 0 Å². The van der Waals surface area contributed by atoms with Crippen LogP contribution in [0.5, 0.6) is 5.75 Å². The molecule has 0 aromatic heterocycles. The SMILES string of the molecule is CCOc1ccc(NC(=O)[C@@H]2[C@@H]3C=C[C@]4(O3)[C@@H]2C(=O)N(Cc2ccc(F)cc2)[C@H]4C(=O)NC2CCCCC2)cc1. The summed E-state index contributed by atoms with van der Waals surface area (Å²) in [5.74, 6) is -2.27. The van der Waals surface area contributed by atoms with E-state index < -0.39 is 29.6 Å². The van der Waals surface area contributed by atoms with E-state index in [0.717, 1.165) is 32.1 Å². The Labute approximate surface area is 232 Å². The first-order valence-corrected chi connectivity index (χ1v) is 14.2. The summed E-state index contributed by atoms with van der Waals surface area (Å²) in [6, 6.07) is 12.0. The van der Waals surface area contributed by atoms with Crippen molar-refractivity contribution in [2.24, 2.45) is 11.8 Å². The summed E-state index contributed by atoms with van der Waals surface area (Å²) in [5.41, 5.74) is 0.0198. The van der Waals surface area contributed by atoms with Gasteiger partial charge in [0.2, 0.25) is 17.7 Å². The molecule has 4 aliphatic rings. The van der Waals surface area contributed by atoms with Crippen LogP contribution >= 0.6 is 0 Å². The van der Waals surface area contributed by atoms with E-state index in [-0.39, 0.29) is 36.1 Å². The average molecular weight is 548 g/mol. The van der Waals surface area contributed by atoms with E-state index >= 15 is 0 Å². The number of anilines is 1. The molecule has 2 saturated heterocycles. The Morgan fingerprint density at radius 3 is 2.48 bits per heavy atom. The highest BCUT2D eigenvalue weighted by Crippen LogP contribution is 2.55. The summed E-state index contributed by atoms with van der Waals surface area (Å²) >= 11 is 0. The van der Waals surface area contributed by atoms with Gasteiger partial charge >= 0.3 is 0 Å². The number of hydrogen-bond acceptors (Lipinski definition) is 5. The lowest BCUT2D eigenvalue weighted by atomic mass is 9.74. The molecule has 0 unspecified atom stereocenters. The molecule has 1 spiro atoms. The summed E-state index contributed by atoms with van der Waals surface area (Å²) in [4.78, 5) is 43.1. The third-order valence-corrected chi connectivity index (χ3v) is 8.58. The molecule has 1 aliphatic carbocycles. The fraction of sp³-hybridized carbons (Fsp3) is 0.452. The van der Waals surface area contributed by atoms with Gasteiger partial charge in [-0.1, -0.05) is 43.5 Å². The van der Waals surface area contributed by atoms with E-state index in [0.29, 0.717) is 23.6 Å². The van der Waals surface area contributed by atoms with Crippen LogP contribution < -0.4 is 15.4 Å². The highest BCUT2D eigenvalue weighted by atomic mass is 19.1. The molecule has 5 atom stereocenters. The maximum atomic E-state index is 14.1. The van der Waals surface area contributed by atoms with Crippen molar-refractivity contribution < 1.29 is 28.2 Å². The molecule has 2 aromatic rings. The molecule has 8 nitrogen and oxygen atoms in total. The highest BCUT2D eigenvalue weighted by molar-refractivity contribution is 6.02. The minimum absolute atomic E-state index is 0.0424. The maximum Gasteiger partial charge on any atom is 0.246 e. The van der Waals surface area contributed by atoms with Gasteiger partial charge in [0, 0.05) is 18.3 Å². The third-order valence-electron chi connectivity index (χ3n) is 8.58. The van der Waals surface area contributed by atoms with Gasteiger partial charge in [-0.15, -0.1) is 0 Å². The largest absolute Gasteiger partial charge is 0.494 e. The molecule has 210 valence electrons. The number of amides is 3. The fourth-order valence-electron chi connectivity index (χ4n) is 6.78. The molecule has 9 heteroatoms. The predicted molar refractivity (Wildman–Crippen MR) is 146 cm³/mol. The molecule has 1 saturated carbocycles. The fourth-order valence-corrected chi connectivity index (χ4v) is 6.78. The minimum atomic E-state index is -1.25. The van der Waals surface area contributed by atoms with Gasteiger partial charge in [-0.2, -0.15) is 0 Å². The zero-order valence-corrected chi connectivity index (χ0v) is 22.5. The van der Waals surface area contributed by atoms with Crippen molar-refractivity contribution in [1.82, 2.24) is 10.2 Å². The first kappa shape index (κ1) is 26.5. The highest BCUT2D eigenvalue weighted by Gasteiger charge is 2.72. The molecule has 3 amide bonds. The third kappa shape index (κ3) is 4.66. The lowest BCUT2D eigenvalue weighted by Gasteiger charge is -2.34. The van der Waals surface area contributed by atoms with Gasteiger partial charge in [0.15, 0.2) is 0 Å². The molecule has 3 fully saturated rings. The van der Waals surface area contributed by atoms with Gasteiger partial charge in [-0.05, 0) is 61.7 Å². The van der Waals surface area contributed by atoms with Crippen molar-refractivity contribution in [3.63, 3.8) is 0 Å². The summed E-state index contributed by atoms with van der Waals surface area (Å²) in [6.45, 7) is 2.54. The quantitative estimate of drug-likeness (QED) is 0.488. The number of carbonyl (C=O) groups excluding carboxylic acids is 3. The van der Waals surface area contributed by atoms with E-state index in [4.69, 9.17) is 9.47 Å². The number of carbonyl (C=O) groups is 3. The molecular weight excluding hydrogens is 513 g/mol. The number of likely N-dealkylation sites (tertiary alicyclic amines) is 1. The number of benzene rings is 2. The van der Waals surface area contributed by atoms with Crippen molar-refractivity contribution >= 4 is 23.4 Å². The number of ether oxygens (including phenoxy) is 2. The van der Waals surface area contributed by atoms with Crippen LogP contribution in [0.4, 0.5) is 10.1 Å². The smallest absolute Gasteiger partial charge is 0.246 e. The summed E-state index contributed by atoms with van der Waals surface area (Å²) < 4.78 is 25.5. The van der Waals surface area contributed by atoms with Crippen molar-refractivity contribution in [2.45, 2.75) is 69.4 Å². The van der Waals surface area contributed by atoms with Gasteiger partial charge in [0.05, 0.1) is 24.5 Å². The lowest BCUT2D eigenvalue weighted by molar-refractivity contribution is -0.142. The molecule has 40 heavy (non-hydrogen) atoms. The Kier molecular flexibility index (Phi) is 7.08. The maximum absolute atomic E-state index is 14.1. The van der Waals surface area contributed by atoms with E-state index in [1.165, 1.54) is 17.0 Å². The first-order chi connectivity index (χ1) is 19.4. The zero-order chi connectivity index (χ0) is 27.9. The van der Waals surface area contributed by atoms with Crippen LogP contribution in [-0.2, 0) is 25.7 Å². The van der Waals surface area contributed by atoms with Crippen molar-refractivity contribution in [3.05, 3.63) is 72.1 Å². The molecule has 2 bridgehead atoms.